The van der Waals surface area contributed by atoms with Crippen molar-refractivity contribution in [2.45, 2.75) is 13.3 Å². The van der Waals surface area contributed by atoms with E-state index in [0.717, 1.165) is 4.47 Å². The molecule has 1 rings (SSSR count). The van der Waals surface area contributed by atoms with Crippen LogP contribution in [0, 0.1) is 0 Å². The second-order valence-corrected chi connectivity index (χ2v) is 4.65. The van der Waals surface area contributed by atoms with Gasteiger partial charge in [-0.3, -0.25) is 4.79 Å². The highest BCUT2D eigenvalue weighted by Gasteiger charge is 2.08. The lowest BCUT2D eigenvalue weighted by Gasteiger charge is -2.09. The molecule has 1 aromatic rings. The maximum Gasteiger partial charge on any atom is 0.407 e. The van der Waals surface area contributed by atoms with Gasteiger partial charge in [-0.05, 0) is 35.0 Å². The van der Waals surface area contributed by atoms with Crippen molar-refractivity contribution < 1.29 is 19.1 Å². The summed E-state index contributed by atoms with van der Waals surface area (Å²) < 4.78 is 10.5. The fourth-order valence-electron chi connectivity index (χ4n) is 1.40. The van der Waals surface area contributed by atoms with Crippen LogP contribution in [0.3, 0.4) is 0 Å². The summed E-state index contributed by atoms with van der Waals surface area (Å²) in [7, 11) is 1.55. The van der Waals surface area contributed by atoms with Crippen molar-refractivity contribution in [2.75, 3.05) is 25.6 Å². The van der Waals surface area contributed by atoms with E-state index in [2.05, 4.69) is 31.3 Å². The van der Waals surface area contributed by atoms with Crippen molar-refractivity contribution in [3.63, 3.8) is 0 Å². The molecule has 0 spiro atoms. The molecule has 0 heterocycles. The van der Waals surface area contributed by atoms with E-state index in [1.54, 1.807) is 32.2 Å². The highest BCUT2D eigenvalue weighted by Crippen LogP contribution is 2.27. The molecule has 0 unspecified atom stereocenters. The molecule has 6 nitrogen and oxygen atoms in total. The van der Waals surface area contributed by atoms with E-state index in [-0.39, 0.29) is 18.9 Å². The van der Waals surface area contributed by atoms with Crippen molar-refractivity contribution >= 4 is 33.6 Å². The van der Waals surface area contributed by atoms with E-state index in [4.69, 9.17) is 4.74 Å². The first-order valence-corrected chi connectivity index (χ1v) is 6.90. The quantitative estimate of drug-likeness (QED) is 0.831. The van der Waals surface area contributed by atoms with Gasteiger partial charge in [0.05, 0.1) is 19.4 Å². The highest BCUT2D eigenvalue weighted by atomic mass is 79.9. The SMILES string of the molecule is CCOC(=O)NCCC(=O)Nc1cc(OC)ccc1Br. The van der Waals surface area contributed by atoms with Crippen LogP contribution in [0.1, 0.15) is 13.3 Å². The van der Waals surface area contributed by atoms with Gasteiger partial charge in [0.15, 0.2) is 0 Å². The van der Waals surface area contributed by atoms with Gasteiger partial charge in [0, 0.05) is 23.5 Å². The fraction of sp³-hybridized carbons (Fsp3) is 0.385. The molecule has 0 aliphatic rings. The highest BCUT2D eigenvalue weighted by molar-refractivity contribution is 9.10. The van der Waals surface area contributed by atoms with E-state index < -0.39 is 6.09 Å². The third kappa shape index (κ3) is 5.48. The molecule has 0 aromatic heterocycles. The molecule has 0 saturated heterocycles. The Balaban J connectivity index is 2.44. The average Bonchev–Trinajstić information content (AvgIpc) is 2.41. The van der Waals surface area contributed by atoms with Crippen molar-refractivity contribution in [3.05, 3.63) is 22.7 Å². The molecule has 2 amide bonds. The predicted molar refractivity (Wildman–Crippen MR) is 79.0 cm³/mol. The summed E-state index contributed by atoms with van der Waals surface area (Å²) in [6.07, 6.45) is -0.370. The molecule has 2 N–H and O–H groups in total. The predicted octanol–water partition coefficient (Wildman–Crippen LogP) is 2.53. The molecule has 0 radical (unpaired) electrons. The fourth-order valence-corrected chi connectivity index (χ4v) is 1.75. The van der Waals surface area contributed by atoms with Crippen LogP contribution in [0.2, 0.25) is 0 Å². The second kappa shape index (κ2) is 8.42. The maximum atomic E-state index is 11.7. The summed E-state index contributed by atoms with van der Waals surface area (Å²) in [4.78, 5) is 22.8. The Morgan fingerprint density at radius 3 is 2.75 bits per heavy atom. The topological polar surface area (TPSA) is 76.7 Å². The van der Waals surface area contributed by atoms with Gasteiger partial charge in [0.2, 0.25) is 5.91 Å². The molecule has 0 atom stereocenters. The Labute approximate surface area is 126 Å². The summed E-state index contributed by atoms with van der Waals surface area (Å²) in [5.41, 5.74) is 0.616. The first-order chi connectivity index (χ1) is 9.56. The molecule has 20 heavy (non-hydrogen) atoms. The zero-order chi connectivity index (χ0) is 15.0. The molecular formula is C13H17BrN2O4. The van der Waals surface area contributed by atoms with Crippen molar-refractivity contribution in [1.29, 1.82) is 0 Å². The van der Waals surface area contributed by atoms with Crippen LogP contribution in [0.25, 0.3) is 0 Å². The van der Waals surface area contributed by atoms with Gasteiger partial charge >= 0.3 is 6.09 Å². The Kier molecular flexibility index (Phi) is 6.86. The summed E-state index contributed by atoms with van der Waals surface area (Å²) >= 11 is 3.34. The van der Waals surface area contributed by atoms with E-state index in [1.807, 2.05) is 0 Å². The maximum absolute atomic E-state index is 11.7. The van der Waals surface area contributed by atoms with Crippen LogP contribution in [0.15, 0.2) is 22.7 Å². The number of nitrogens with one attached hydrogen (secondary N) is 2. The molecule has 0 fully saturated rings. The number of rotatable bonds is 6. The van der Waals surface area contributed by atoms with Gasteiger partial charge in [-0.25, -0.2) is 4.79 Å². The number of ether oxygens (including phenoxy) is 2. The first-order valence-electron chi connectivity index (χ1n) is 6.10. The molecular weight excluding hydrogens is 328 g/mol. The smallest absolute Gasteiger partial charge is 0.407 e. The number of carbonyl (C=O) groups excluding carboxylic acids is 2. The van der Waals surface area contributed by atoms with Crippen LogP contribution >= 0.6 is 15.9 Å². The van der Waals surface area contributed by atoms with Gasteiger partial charge in [0.1, 0.15) is 5.75 Å². The number of alkyl carbamates (subject to hydrolysis) is 1. The minimum absolute atomic E-state index is 0.155. The van der Waals surface area contributed by atoms with Gasteiger partial charge in [-0.15, -0.1) is 0 Å². The van der Waals surface area contributed by atoms with Crippen molar-refractivity contribution in [2.24, 2.45) is 0 Å². The Hall–Kier alpha value is -1.76. The van der Waals surface area contributed by atoms with E-state index >= 15 is 0 Å². The summed E-state index contributed by atoms with van der Waals surface area (Å²) in [6.45, 7) is 2.23. The van der Waals surface area contributed by atoms with Crippen LogP contribution < -0.4 is 15.4 Å². The molecule has 1 aromatic carbocycles. The Morgan fingerprint density at radius 2 is 2.10 bits per heavy atom. The third-order valence-electron chi connectivity index (χ3n) is 2.34. The van der Waals surface area contributed by atoms with E-state index in [0.29, 0.717) is 18.0 Å². The number of anilines is 1. The van der Waals surface area contributed by atoms with Crippen LogP contribution in [0.5, 0.6) is 5.75 Å². The van der Waals surface area contributed by atoms with Crippen LogP contribution in [-0.2, 0) is 9.53 Å². The molecule has 0 saturated carbocycles. The summed E-state index contributed by atoms with van der Waals surface area (Å²) in [5, 5.41) is 5.21. The van der Waals surface area contributed by atoms with Crippen molar-refractivity contribution in [3.8, 4) is 5.75 Å². The van der Waals surface area contributed by atoms with Gasteiger partial charge in [0.25, 0.3) is 0 Å². The number of amides is 2. The standard InChI is InChI=1S/C13H17BrN2O4/c1-3-20-13(18)15-7-6-12(17)16-11-8-9(19-2)4-5-10(11)14/h4-5,8H,3,6-7H2,1-2H3,(H,15,18)(H,16,17). The van der Waals surface area contributed by atoms with Crippen LogP contribution in [-0.4, -0.2) is 32.3 Å². The normalized spacial score (nSPS) is 9.75. The molecule has 0 aliphatic carbocycles. The largest absolute Gasteiger partial charge is 0.497 e. The number of hydrogen-bond acceptors (Lipinski definition) is 4. The van der Waals surface area contributed by atoms with Crippen LogP contribution in [0.4, 0.5) is 10.5 Å². The molecule has 7 heteroatoms. The Bertz CT molecular complexity index is 479. The Morgan fingerprint density at radius 1 is 1.35 bits per heavy atom. The number of carbonyl (C=O) groups is 2. The van der Waals surface area contributed by atoms with Gasteiger partial charge < -0.3 is 20.1 Å². The van der Waals surface area contributed by atoms with Gasteiger partial charge in [-0.2, -0.15) is 0 Å². The number of methoxy groups -OCH3 is 1. The lowest BCUT2D eigenvalue weighted by molar-refractivity contribution is -0.116. The minimum atomic E-state index is -0.525. The molecule has 0 aliphatic heterocycles. The molecule has 0 bridgehead atoms. The number of benzene rings is 1. The van der Waals surface area contributed by atoms with E-state index in [9.17, 15) is 9.59 Å². The second-order valence-electron chi connectivity index (χ2n) is 3.79. The number of hydrogen-bond donors (Lipinski definition) is 2. The lowest BCUT2D eigenvalue weighted by atomic mass is 10.3. The third-order valence-corrected chi connectivity index (χ3v) is 3.04. The zero-order valence-electron chi connectivity index (χ0n) is 11.4. The van der Waals surface area contributed by atoms with Gasteiger partial charge in [-0.1, -0.05) is 0 Å². The first kappa shape index (κ1) is 16.3. The number of halogens is 1. The van der Waals surface area contributed by atoms with E-state index in [1.165, 1.54) is 0 Å². The lowest BCUT2D eigenvalue weighted by Crippen LogP contribution is -2.28. The van der Waals surface area contributed by atoms with Crippen molar-refractivity contribution in [1.82, 2.24) is 5.32 Å². The summed E-state index contributed by atoms with van der Waals surface area (Å²) in [5.74, 6) is 0.434. The summed E-state index contributed by atoms with van der Waals surface area (Å²) in [6, 6.07) is 5.27. The molecule has 110 valence electrons. The minimum Gasteiger partial charge on any atom is -0.497 e. The monoisotopic (exact) mass is 344 g/mol. The average molecular weight is 345 g/mol. The zero-order valence-corrected chi connectivity index (χ0v) is 13.0.